The topological polar surface area (TPSA) is 90.3 Å². The maximum atomic E-state index is 5.95. The predicted molar refractivity (Wildman–Crippen MR) is 112 cm³/mol. The van der Waals surface area contributed by atoms with Crippen molar-refractivity contribution >= 4 is 45.5 Å². The molecule has 0 fully saturated rings. The fourth-order valence-electron chi connectivity index (χ4n) is 2.38. The van der Waals surface area contributed by atoms with Crippen LogP contribution in [-0.2, 0) is 0 Å². The zero-order valence-electron chi connectivity index (χ0n) is 17.2. The maximum Gasteiger partial charge on any atom is 0.315 e. The summed E-state index contributed by atoms with van der Waals surface area (Å²) in [5.41, 5.74) is 0. The Balaban J connectivity index is 2.38. The van der Waals surface area contributed by atoms with Gasteiger partial charge in [-0.3, -0.25) is 0 Å². The summed E-state index contributed by atoms with van der Waals surface area (Å²) in [5, 5.41) is 0. The molecule has 2 aromatic rings. The molecule has 0 aliphatic rings. The molecule has 0 aromatic carbocycles. The maximum absolute atomic E-state index is 5.95. The van der Waals surface area contributed by atoms with Crippen LogP contribution in [-0.4, -0.2) is 93.9 Å². The Morgan fingerprint density at radius 3 is 1.26 bits per heavy atom. The summed E-state index contributed by atoms with van der Waals surface area (Å²) in [7, 11) is 18.7. The largest absolute Gasteiger partial charge is 0.375 e. The van der Waals surface area contributed by atoms with E-state index in [2.05, 4.69) is 29.9 Å². The van der Waals surface area contributed by atoms with Gasteiger partial charge in [-0.05, 0) is 27.9 Å². The van der Waals surface area contributed by atoms with E-state index in [0.29, 0.717) is 35.4 Å². The third kappa shape index (κ3) is 4.78. The molecule has 0 amide bonds. The molecule has 2 aromatic heterocycles. The standard InChI is InChI=1S/C14H24B3N10/c1-9-18-11(24(3)4)22-13(20-9)26(7)17(16-15)27(8)14-21-10(2)19-12(23-14)25(5)6/h1-8H3. The molecule has 2 heterocycles. The van der Waals surface area contributed by atoms with E-state index in [1.54, 1.807) is 7.06 Å². The van der Waals surface area contributed by atoms with Crippen LogP contribution in [0.4, 0.5) is 23.8 Å². The van der Waals surface area contributed by atoms with Gasteiger partial charge in [0.25, 0.3) is 0 Å². The van der Waals surface area contributed by atoms with E-state index in [1.807, 2.05) is 75.6 Å². The summed E-state index contributed by atoms with van der Waals surface area (Å²) in [6.07, 6.45) is 0. The molecule has 10 nitrogen and oxygen atoms in total. The fourth-order valence-corrected chi connectivity index (χ4v) is 2.38. The Hall–Kier alpha value is -2.59. The number of anilines is 4. The zero-order chi connectivity index (χ0) is 20.3. The number of aromatic nitrogens is 6. The first-order chi connectivity index (χ1) is 12.6. The molecule has 2 rings (SSSR count). The van der Waals surface area contributed by atoms with Crippen LogP contribution in [0.25, 0.3) is 0 Å². The Bertz CT molecular complexity index is 724. The SMILES string of the molecule is [B][B]B(N(C)c1nc(C)nc(N(C)C)n1)N(C)c1nc(C)nc(N(C)C)n1. The molecule has 0 saturated heterocycles. The van der Waals surface area contributed by atoms with Crippen LogP contribution >= 0.6 is 0 Å². The van der Waals surface area contributed by atoms with Crippen LogP contribution in [0.5, 0.6) is 0 Å². The molecule has 27 heavy (non-hydrogen) atoms. The molecule has 0 spiro atoms. The summed E-state index contributed by atoms with van der Waals surface area (Å²) < 4.78 is 0. The van der Waals surface area contributed by atoms with Crippen LogP contribution in [0.2, 0.25) is 0 Å². The first-order valence-electron chi connectivity index (χ1n) is 8.44. The van der Waals surface area contributed by atoms with Gasteiger partial charge in [-0.15, -0.1) is 0 Å². The number of aryl methyl sites for hydroxylation is 2. The van der Waals surface area contributed by atoms with Crippen molar-refractivity contribution in [3.63, 3.8) is 0 Å². The van der Waals surface area contributed by atoms with Crippen LogP contribution < -0.4 is 19.4 Å². The minimum absolute atomic E-state index is 0.376. The van der Waals surface area contributed by atoms with E-state index >= 15 is 0 Å². The molecule has 0 N–H and O–H groups in total. The van der Waals surface area contributed by atoms with Crippen LogP contribution in [0.1, 0.15) is 11.6 Å². The molecule has 0 atom stereocenters. The van der Waals surface area contributed by atoms with Crippen molar-refractivity contribution in [3.05, 3.63) is 11.6 Å². The molecule has 0 aliphatic carbocycles. The Labute approximate surface area is 163 Å². The van der Waals surface area contributed by atoms with Crippen molar-refractivity contribution in [2.24, 2.45) is 0 Å². The van der Waals surface area contributed by atoms with Gasteiger partial charge in [-0.2, -0.15) is 29.9 Å². The second-order valence-corrected chi connectivity index (χ2v) is 6.58. The minimum atomic E-state index is -0.376. The van der Waals surface area contributed by atoms with Gasteiger partial charge in [0.15, 0.2) is 0 Å². The van der Waals surface area contributed by atoms with E-state index < -0.39 is 0 Å². The monoisotopic (exact) mass is 365 g/mol. The van der Waals surface area contributed by atoms with Crippen LogP contribution in [0, 0.1) is 13.8 Å². The smallest absolute Gasteiger partial charge is 0.315 e. The van der Waals surface area contributed by atoms with Gasteiger partial charge in [0.1, 0.15) is 11.6 Å². The second kappa shape index (κ2) is 8.40. The van der Waals surface area contributed by atoms with Gasteiger partial charge < -0.3 is 19.4 Å². The highest BCUT2D eigenvalue weighted by Crippen LogP contribution is 2.17. The van der Waals surface area contributed by atoms with Gasteiger partial charge in [0, 0.05) is 35.9 Å². The summed E-state index contributed by atoms with van der Waals surface area (Å²) in [6, 6.07) is 0. The van der Waals surface area contributed by atoms with Gasteiger partial charge in [0.05, 0.1) is 7.06 Å². The van der Waals surface area contributed by atoms with Crippen molar-refractivity contribution in [1.82, 2.24) is 29.9 Å². The second-order valence-electron chi connectivity index (χ2n) is 6.58. The molecule has 0 saturated carbocycles. The number of nitrogens with zero attached hydrogens (tertiary/aromatic N) is 10. The number of hydrogen-bond acceptors (Lipinski definition) is 10. The Morgan fingerprint density at radius 1 is 0.630 bits per heavy atom. The first kappa shape index (κ1) is 20.7. The Kier molecular flexibility index (Phi) is 6.45. The van der Waals surface area contributed by atoms with Crippen molar-refractivity contribution in [3.8, 4) is 0 Å². The van der Waals surface area contributed by atoms with Crippen molar-refractivity contribution < 1.29 is 0 Å². The van der Waals surface area contributed by atoms with Crippen molar-refractivity contribution in [2.45, 2.75) is 13.8 Å². The lowest BCUT2D eigenvalue weighted by atomic mass is 9.24. The zero-order valence-corrected chi connectivity index (χ0v) is 17.2. The molecule has 0 bridgehead atoms. The average Bonchev–Trinajstić information content (AvgIpc) is 2.60. The molecule has 0 unspecified atom stereocenters. The summed E-state index contributed by atoms with van der Waals surface area (Å²) in [4.78, 5) is 33.9. The van der Waals surface area contributed by atoms with E-state index in [9.17, 15) is 0 Å². The third-order valence-electron chi connectivity index (χ3n) is 3.84. The first-order valence-corrected chi connectivity index (χ1v) is 8.44. The van der Waals surface area contributed by atoms with Gasteiger partial charge in [-0.1, -0.05) is 0 Å². The predicted octanol–water partition coefficient (Wildman–Crippen LogP) is -0.849. The lowest BCUT2D eigenvalue weighted by molar-refractivity contribution is 0.894. The van der Waals surface area contributed by atoms with Crippen LogP contribution in [0.3, 0.4) is 0 Å². The van der Waals surface area contributed by atoms with Crippen LogP contribution in [0.15, 0.2) is 0 Å². The van der Waals surface area contributed by atoms with E-state index in [4.69, 9.17) is 7.74 Å². The van der Waals surface area contributed by atoms with Crippen molar-refractivity contribution in [2.75, 3.05) is 61.7 Å². The highest BCUT2D eigenvalue weighted by molar-refractivity contribution is 7.33. The molecular formula is C14H24B3N10. The fraction of sp³-hybridized carbons (Fsp3) is 0.571. The normalized spacial score (nSPS) is 10.4. The van der Waals surface area contributed by atoms with Gasteiger partial charge >= 0.3 is 6.87 Å². The molecule has 0 aliphatic heterocycles. The molecule has 139 valence electrons. The average molecular weight is 365 g/mol. The highest BCUT2D eigenvalue weighted by Gasteiger charge is 2.28. The van der Waals surface area contributed by atoms with E-state index in [1.165, 1.54) is 0 Å². The summed E-state index contributed by atoms with van der Waals surface area (Å²) in [6.45, 7) is 3.28. The lowest BCUT2D eigenvalue weighted by Gasteiger charge is -2.33. The highest BCUT2D eigenvalue weighted by atomic mass is 15.4. The minimum Gasteiger partial charge on any atom is -0.375 e. The van der Waals surface area contributed by atoms with Gasteiger partial charge in [0.2, 0.25) is 23.8 Å². The molecule has 3 radical (unpaired) electrons. The van der Waals surface area contributed by atoms with Crippen molar-refractivity contribution in [1.29, 1.82) is 0 Å². The number of rotatable bonds is 7. The van der Waals surface area contributed by atoms with Gasteiger partial charge in [-0.25, -0.2) is 0 Å². The molecule has 13 heteroatoms. The quantitative estimate of drug-likeness (QED) is 0.578. The summed E-state index contributed by atoms with van der Waals surface area (Å²) >= 11 is 0. The van der Waals surface area contributed by atoms with E-state index in [0.717, 1.165) is 0 Å². The number of hydrogen-bond donors (Lipinski definition) is 0. The Morgan fingerprint density at radius 2 is 0.963 bits per heavy atom. The third-order valence-corrected chi connectivity index (χ3v) is 3.84. The lowest BCUT2D eigenvalue weighted by Crippen LogP contribution is -2.56. The van der Waals surface area contributed by atoms with E-state index in [-0.39, 0.29) is 6.87 Å². The molecular weight excluding hydrogens is 341 g/mol. The summed E-state index contributed by atoms with van der Waals surface area (Å²) in [5.74, 6) is 3.41.